The van der Waals surface area contributed by atoms with Gasteiger partial charge in [0.1, 0.15) is 11.3 Å². The molecule has 0 aliphatic rings. The number of hydrogen-bond donors (Lipinski definition) is 1. The van der Waals surface area contributed by atoms with Crippen molar-refractivity contribution in [3.05, 3.63) is 85.8 Å². The molecule has 1 aromatic carbocycles. The van der Waals surface area contributed by atoms with E-state index in [1.54, 1.807) is 26.0 Å². The van der Waals surface area contributed by atoms with Gasteiger partial charge in [-0.1, -0.05) is 41.9 Å². The number of halogens is 1. The molecule has 0 atom stereocenters. The third-order valence-electron chi connectivity index (χ3n) is 4.44. The summed E-state index contributed by atoms with van der Waals surface area (Å²) in [7, 11) is 0. The average molecular weight is 413 g/mol. The van der Waals surface area contributed by atoms with Gasteiger partial charge in [0.05, 0.1) is 0 Å². The standard InChI is InChI=1S/C21H21ClN4O3/c1-14(2)26-20(28)16(13-24-17-9-6-11-23-18(17)22)19(27)25(21(26)29)12-10-15-7-4-3-5-8-15/h3-9,11,13-14,27H,10,12H2,1-2H3. The third kappa shape index (κ3) is 4.46. The average Bonchev–Trinajstić information content (AvgIpc) is 2.69. The van der Waals surface area contributed by atoms with Gasteiger partial charge < -0.3 is 5.11 Å². The highest BCUT2D eigenvalue weighted by molar-refractivity contribution is 6.31. The predicted octanol–water partition coefficient (Wildman–Crippen LogP) is 3.34. The van der Waals surface area contributed by atoms with Gasteiger partial charge in [0.25, 0.3) is 5.56 Å². The molecule has 0 bridgehead atoms. The van der Waals surface area contributed by atoms with E-state index in [4.69, 9.17) is 11.6 Å². The van der Waals surface area contributed by atoms with Gasteiger partial charge in [-0.25, -0.2) is 9.78 Å². The van der Waals surface area contributed by atoms with Crippen molar-refractivity contribution in [3.8, 4) is 5.88 Å². The van der Waals surface area contributed by atoms with E-state index in [0.717, 1.165) is 10.1 Å². The van der Waals surface area contributed by atoms with Crippen LogP contribution in [0.4, 0.5) is 5.69 Å². The molecule has 3 rings (SSSR count). The molecule has 2 aromatic heterocycles. The highest BCUT2D eigenvalue weighted by Crippen LogP contribution is 2.21. The van der Waals surface area contributed by atoms with Crippen LogP contribution in [0.3, 0.4) is 0 Å². The normalized spacial score (nSPS) is 11.4. The molecule has 29 heavy (non-hydrogen) atoms. The highest BCUT2D eigenvalue weighted by Gasteiger charge is 2.19. The van der Waals surface area contributed by atoms with E-state index in [-0.39, 0.29) is 23.3 Å². The van der Waals surface area contributed by atoms with Crippen LogP contribution in [0, 0.1) is 0 Å². The van der Waals surface area contributed by atoms with Crippen LogP contribution >= 0.6 is 11.6 Å². The quantitative estimate of drug-likeness (QED) is 0.496. The van der Waals surface area contributed by atoms with Crippen molar-refractivity contribution in [1.29, 1.82) is 0 Å². The molecule has 2 heterocycles. The lowest BCUT2D eigenvalue weighted by atomic mass is 10.1. The van der Waals surface area contributed by atoms with Crippen molar-refractivity contribution in [3.63, 3.8) is 0 Å². The van der Waals surface area contributed by atoms with E-state index in [0.29, 0.717) is 12.1 Å². The van der Waals surface area contributed by atoms with Crippen molar-refractivity contribution >= 4 is 23.5 Å². The number of benzene rings is 1. The smallest absolute Gasteiger partial charge is 0.334 e. The number of rotatable bonds is 6. The molecule has 7 nitrogen and oxygen atoms in total. The summed E-state index contributed by atoms with van der Waals surface area (Å²) < 4.78 is 2.30. The minimum atomic E-state index is -0.609. The molecule has 0 fully saturated rings. The minimum absolute atomic E-state index is 0.0775. The molecule has 0 aliphatic carbocycles. The molecule has 8 heteroatoms. The highest BCUT2D eigenvalue weighted by atomic mass is 35.5. The van der Waals surface area contributed by atoms with Crippen LogP contribution in [-0.4, -0.2) is 25.4 Å². The summed E-state index contributed by atoms with van der Waals surface area (Å²) in [4.78, 5) is 33.8. The zero-order valence-electron chi connectivity index (χ0n) is 16.1. The van der Waals surface area contributed by atoms with Gasteiger partial charge in [-0.3, -0.25) is 18.9 Å². The maximum absolute atomic E-state index is 12.8. The number of pyridine rings is 1. The summed E-state index contributed by atoms with van der Waals surface area (Å²) in [5.74, 6) is -0.420. The summed E-state index contributed by atoms with van der Waals surface area (Å²) in [6, 6.07) is 12.5. The van der Waals surface area contributed by atoms with Crippen LogP contribution < -0.4 is 11.2 Å². The summed E-state index contributed by atoms with van der Waals surface area (Å²) in [5, 5.41) is 10.9. The SMILES string of the molecule is CC(C)n1c(=O)c(C=Nc2cccnc2Cl)c(O)n(CCc2ccccc2)c1=O. The maximum atomic E-state index is 12.8. The van der Waals surface area contributed by atoms with Gasteiger partial charge in [-0.05, 0) is 38.0 Å². The number of hydrogen-bond acceptors (Lipinski definition) is 5. The summed E-state index contributed by atoms with van der Waals surface area (Å²) in [6.07, 6.45) is 3.27. The van der Waals surface area contributed by atoms with Gasteiger partial charge >= 0.3 is 5.69 Å². The Bertz CT molecular complexity index is 1150. The topological polar surface area (TPSA) is 89.5 Å². The van der Waals surface area contributed by atoms with E-state index in [1.807, 2.05) is 30.3 Å². The van der Waals surface area contributed by atoms with Crippen molar-refractivity contribution in [1.82, 2.24) is 14.1 Å². The van der Waals surface area contributed by atoms with Crippen LogP contribution in [0.2, 0.25) is 5.15 Å². The first-order valence-electron chi connectivity index (χ1n) is 9.17. The summed E-state index contributed by atoms with van der Waals surface area (Å²) >= 11 is 6.00. The van der Waals surface area contributed by atoms with E-state index in [1.165, 1.54) is 17.0 Å². The molecule has 0 saturated heterocycles. The molecular weight excluding hydrogens is 392 g/mol. The molecule has 0 aliphatic heterocycles. The van der Waals surface area contributed by atoms with Crippen LogP contribution in [0.25, 0.3) is 0 Å². The fraction of sp³-hybridized carbons (Fsp3) is 0.238. The van der Waals surface area contributed by atoms with E-state index in [9.17, 15) is 14.7 Å². The summed E-state index contributed by atoms with van der Waals surface area (Å²) in [5.41, 5.74) is 0.119. The minimum Gasteiger partial charge on any atom is -0.494 e. The van der Waals surface area contributed by atoms with Crippen molar-refractivity contribution in [2.75, 3.05) is 0 Å². The first-order valence-corrected chi connectivity index (χ1v) is 9.54. The number of aliphatic imine (C=N–C) groups is 1. The van der Waals surface area contributed by atoms with Crippen LogP contribution in [-0.2, 0) is 13.0 Å². The van der Waals surface area contributed by atoms with Crippen LogP contribution in [0.1, 0.15) is 31.0 Å². The Morgan fingerprint density at radius 3 is 2.55 bits per heavy atom. The molecule has 0 spiro atoms. The van der Waals surface area contributed by atoms with Crippen LogP contribution in [0.5, 0.6) is 5.88 Å². The second-order valence-electron chi connectivity index (χ2n) is 6.75. The largest absolute Gasteiger partial charge is 0.494 e. The molecule has 3 aromatic rings. The van der Waals surface area contributed by atoms with E-state index < -0.39 is 17.1 Å². The van der Waals surface area contributed by atoms with Gasteiger partial charge in [0.2, 0.25) is 5.88 Å². The zero-order valence-corrected chi connectivity index (χ0v) is 16.9. The molecule has 0 radical (unpaired) electrons. The number of aromatic hydroxyl groups is 1. The fourth-order valence-corrected chi connectivity index (χ4v) is 3.11. The molecule has 0 saturated carbocycles. The van der Waals surface area contributed by atoms with Gasteiger partial charge in [-0.2, -0.15) is 0 Å². The van der Waals surface area contributed by atoms with Crippen molar-refractivity contribution < 1.29 is 5.11 Å². The second-order valence-corrected chi connectivity index (χ2v) is 7.11. The zero-order chi connectivity index (χ0) is 21.0. The Morgan fingerprint density at radius 2 is 1.90 bits per heavy atom. The van der Waals surface area contributed by atoms with Gasteiger partial charge in [0, 0.05) is 25.0 Å². The number of aryl methyl sites for hydroxylation is 1. The van der Waals surface area contributed by atoms with Crippen molar-refractivity contribution in [2.45, 2.75) is 32.9 Å². The lowest BCUT2D eigenvalue weighted by molar-refractivity contribution is 0.381. The molecule has 0 amide bonds. The Labute approximate surface area is 172 Å². The molecular formula is C21H21ClN4O3. The Kier molecular flexibility index (Phi) is 6.29. The monoisotopic (exact) mass is 412 g/mol. The summed E-state index contributed by atoms with van der Waals surface area (Å²) in [6.45, 7) is 3.69. The first kappa shape index (κ1) is 20.5. The molecule has 1 N–H and O–H groups in total. The van der Waals surface area contributed by atoms with Crippen LogP contribution in [0.15, 0.2) is 63.2 Å². The van der Waals surface area contributed by atoms with Gasteiger partial charge in [-0.15, -0.1) is 0 Å². The Hall–Kier alpha value is -3.19. The third-order valence-corrected chi connectivity index (χ3v) is 4.73. The lowest BCUT2D eigenvalue weighted by Gasteiger charge is -2.16. The Balaban J connectivity index is 2.08. The predicted molar refractivity (Wildman–Crippen MR) is 114 cm³/mol. The van der Waals surface area contributed by atoms with Crippen molar-refractivity contribution in [2.24, 2.45) is 4.99 Å². The van der Waals surface area contributed by atoms with E-state index in [2.05, 4.69) is 9.98 Å². The molecule has 0 unspecified atom stereocenters. The second kappa shape index (κ2) is 8.87. The first-order chi connectivity index (χ1) is 13.9. The molecule has 150 valence electrons. The maximum Gasteiger partial charge on any atom is 0.334 e. The fourth-order valence-electron chi connectivity index (χ4n) is 2.94. The van der Waals surface area contributed by atoms with E-state index >= 15 is 0 Å². The van der Waals surface area contributed by atoms with Gasteiger partial charge in [0.15, 0.2) is 5.15 Å². The Morgan fingerprint density at radius 1 is 1.17 bits per heavy atom. The lowest BCUT2D eigenvalue weighted by Crippen LogP contribution is -2.42. The number of nitrogens with zero attached hydrogens (tertiary/aromatic N) is 4. The number of aromatic nitrogens is 3.